The quantitative estimate of drug-likeness (QED) is 0.210. The molecule has 0 spiro atoms. The van der Waals surface area contributed by atoms with Crippen molar-refractivity contribution in [3.05, 3.63) is 12.0 Å². The molecule has 0 aliphatic carbocycles. The first-order chi connectivity index (χ1) is 8.24. The maximum Gasteiger partial charge on any atom is 0.276 e. The van der Waals surface area contributed by atoms with E-state index in [-0.39, 0.29) is 6.73 Å². The molecule has 0 aromatic rings. The Balaban J connectivity index is 4.47. The lowest BCUT2D eigenvalue weighted by atomic mass is 10.5. The van der Waals surface area contributed by atoms with Gasteiger partial charge in [0.25, 0.3) is 6.73 Å². The van der Waals surface area contributed by atoms with E-state index in [9.17, 15) is 14.0 Å². The van der Waals surface area contributed by atoms with Crippen LogP contribution in [0.2, 0.25) is 0 Å². The van der Waals surface area contributed by atoms with Gasteiger partial charge in [0.05, 0.1) is 27.3 Å². The number of halogens is 1. The van der Waals surface area contributed by atoms with E-state index in [1.165, 1.54) is 4.90 Å². The van der Waals surface area contributed by atoms with Crippen LogP contribution in [-0.4, -0.2) is 50.2 Å². The summed E-state index contributed by atoms with van der Waals surface area (Å²) < 4.78 is 42.1. The van der Waals surface area contributed by atoms with Gasteiger partial charge in [-0.3, -0.25) is 0 Å². The van der Waals surface area contributed by atoms with Crippen LogP contribution in [0.5, 0.6) is 0 Å². The zero-order valence-corrected chi connectivity index (χ0v) is 11.8. The van der Waals surface area contributed by atoms with Gasteiger partial charge >= 0.3 is 0 Å². The van der Waals surface area contributed by atoms with Crippen LogP contribution in [-0.2, 0) is 9.03 Å². The lowest BCUT2D eigenvalue weighted by Crippen LogP contribution is -2.61. The highest BCUT2D eigenvalue weighted by atomic mass is 35.7. The first-order valence-corrected chi connectivity index (χ1v) is 6.59. The predicted octanol–water partition coefficient (Wildman–Crippen LogP) is -2.60. The van der Waals surface area contributed by atoms with E-state index >= 15 is 0 Å². The van der Waals surface area contributed by atoms with Crippen molar-refractivity contribution in [1.29, 1.82) is 0 Å². The molecule has 0 aromatic carbocycles. The summed E-state index contributed by atoms with van der Waals surface area (Å²) in [7, 11) is 0.826. The van der Waals surface area contributed by atoms with Gasteiger partial charge in [-0.2, -0.15) is 14.0 Å². The molecule has 0 radical (unpaired) electrons. The van der Waals surface area contributed by atoms with Crippen molar-refractivity contribution in [2.24, 2.45) is 0 Å². The molecule has 0 saturated heterocycles. The monoisotopic (exact) mass is 283 g/mol. The van der Waals surface area contributed by atoms with Gasteiger partial charge in [-0.05, 0) is 6.42 Å². The number of allylic oxidation sites excluding steroid dienone is 1. The topological polar surface area (TPSA) is 93.9 Å². The summed E-state index contributed by atoms with van der Waals surface area (Å²) in [6, 6.07) is 0. The van der Waals surface area contributed by atoms with E-state index < -0.39 is 10.2 Å². The largest absolute Gasteiger partial charge is 0.486 e. The smallest absolute Gasteiger partial charge is 0.276 e. The van der Waals surface area contributed by atoms with Crippen molar-refractivity contribution in [2.45, 2.75) is 13.3 Å². The first-order valence-electron chi connectivity index (χ1n) is 5.36. The minimum Gasteiger partial charge on any atom is -0.486 e. The van der Waals surface area contributed by atoms with Gasteiger partial charge in [0, 0.05) is 7.05 Å². The van der Waals surface area contributed by atoms with Crippen LogP contribution in [0.1, 0.15) is 13.3 Å². The Morgan fingerprint density at radius 1 is 1.33 bits per heavy atom. The standard InChI is InChI=1S/C10H20ClN2O5/c1-5-6-17-10(7-12(2)3)8-13(4)9-18-11(14,15)16/h7-8H,5-6,9H2,1-4H3/q+1. The molecule has 106 valence electrons. The van der Waals surface area contributed by atoms with Crippen molar-refractivity contribution in [3.8, 4) is 0 Å². The Labute approximate surface area is 109 Å². The molecule has 0 N–H and O–H groups in total. The van der Waals surface area contributed by atoms with Gasteiger partial charge < -0.3 is 9.64 Å². The zero-order chi connectivity index (χ0) is 14.2. The molecule has 0 aliphatic heterocycles. The van der Waals surface area contributed by atoms with Crippen molar-refractivity contribution < 1.29 is 37.8 Å². The Hall–Kier alpha value is -0.860. The molecule has 0 aliphatic rings. The Morgan fingerprint density at radius 3 is 2.39 bits per heavy atom. The highest BCUT2D eigenvalue weighted by Gasteiger charge is 2.18. The van der Waals surface area contributed by atoms with Crippen LogP contribution < -0.4 is 14.0 Å². The molecule has 8 heteroatoms. The minimum absolute atomic E-state index is 0.367. The lowest BCUT2D eigenvalue weighted by molar-refractivity contribution is -1.92. The van der Waals surface area contributed by atoms with E-state index in [4.69, 9.17) is 4.74 Å². The highest BCUT2D eigenvalue weighted by molar-refractivity contribution is 5.71. The predicted molar refractivity (Wildman–Crippen MR) is 56.2 cm³/mol. The third-order valence-corrected chi connectivity index (χ3v) is 1.96. The highest BCUT2D eigenvalue weighted by Crippen LogP contribution is 2.00. The number of hydrogen-bond acceptors (Lipinski definition) is 6. The molecule has 0 amide bonds. The molecule has 7 nitrogen and oxygen atoms in total. The summed E-state index contributed by atoms with van der Waals surface area (Å²) in [6.07, 6.45) is 4.14. The summed E-state index contributed by atoms with van der Waals surface area (Å²) in [5.41, 5.74) is 0. The van der Waals surface area contributed by atoms with Gasteiger partial charge in [-0.1, -0.05) is 6.92 Å². The fourth-order valence-electron chi connectivity index (χ4n) is 0.973. The molecular formula is C10H20ClN2O5+. The van der Waals surface area contributed by atoms with E-state index in [0.717, 1.165) is 6.42 Å². The average molecular weight is 284 g/mol. The summed E-state index contributed by atoms with van der Waals surface area (Å²) in [5.74, 6) is 0.549. The maximum absolute atomic E-state index is 10.3. The summed E-state index contributed by atoms with van der Waals surface area (Å²) in [4.78, 5) is 1.40. The summed E-state index contributed by atoms with van der Waals surface area (Å²) >= 11 is 0. The van der Waals surface area contributed by atoms with E-state index in [1.807, 2.05) is 21.0 Å². The van der Waals surface area contributed by atoms with Crippen LogP contribution in [0.4, 0.5) is 0 Å². The first kappa shape index (κ1) is 17.1. The maximum atomic E-state index is 10.3. The molecule has 0 atom stereocenters. The van der Waals surface area contributed by atoms with Crippen molar-refractivity contribution in [1.82, 2.24) is 4.90 Å². The number of hydrogen-bond donors (Lipinski definition) is 0. The Kier molecular flexibility index (Phi) is 7.88. The summed E-state index contributed by atoms with van der Waals surface area (Å²) in [5, 5.41) is 0. The number of ether oxygens (including phenoxy) is 1. The number of nitrogens with zero attached hydrogens (tertiary/aromatic N) is 2. The molecule has 0 aromatic heterocycles. The van der Waals surface area contributed by atoms with Crippen LogP contribution in [0, 0.1) is 10.2 Å². The van der Waals surface area contributed by atoms with Gasteiger partial charge in [-0.15, -0.1) is 0 Å². The van der Waals surface area contributed by atoms with E-state index in [1.54, 1.807) is 24.0 Å². The molecule has 18 heavy (non-hydrogen) atoms. The van der Waals surface area contributed by atoms with Crippen LogP contribution in [0.15, 0.2) is 12.0 Å². The SMILES string of the molecule is CCCOC(=CN(C)CO[Cl+3]([O-])([O-])[O-])C=[N+](C)C. The molecular weight excluding hydrogens is 264 g/mol. The zero-order valence-electron chi connectivity index (χ0n) is 11.1. The number of rotatable bonds is 8. The van der Waals surface area contributed by atoms with Crippen LogP contribution >= 0.6 is 0 Å². The molecule has 0 heterocycles. The normalized spacial score (nSPS) is 12.3. The molecule has 0 fully saturated rings. The Morgan fingerprint density at radius 2 is 1.94 bits per heavy atom. The molecule has 0 unspecified atom stereocenters. The van der Waals surface area contributed by atoms with Gasteiger partial charge in [0.1, 0.15) is 14.1 Å². The van der Waals surface area contributed by atoms with Crippen LogP contribution in [0.25, 0.3) is 0 Å². The fraction of sp³-hybridized carbons (Fsp3) is 0.700. The molecule has 0 saturated carbocycles. The summed E-state index contributed by atoms with van der Waals surface area (Å²) in [6.45, 7) is 2.15. The van der Waals surface area contributed by atoms with Crippen LogP contribution in [0.3, 0.4) is 0 Å². The third-order valence-electron chi connectivity index (χ3n) is 1.59. The van der Waals surface area contributed by atoms with E-state index in [2.05, 4.69) is 4.29 Å². The minimum atomic E-state index is -4.41. The lowest BCUT2D eigenvalue weighted by Gasteiger charge is -2.16. The van der Waals surface area contributed by atoms with E-state index in [0.29, 0.717) is 12.4 Å². The molecule has 0 bridgehead atoms. The Bertz CT molecular complexity index is 297. The van der Waals surface area contributed by atoms with Crippen molar-refractivity contribution >= 4 is 6.21 Å². The van der Waals surface area contributed by atoms with Crippen molar-refractivity contribution in [2.75, 3.05) is 34.5 Å². The second-order valence-electron chi connectivity index (χ2n) is 3.85. The van der Waals surface area contributed by atoms with Crippen molar-refractivity contribution in [3.63, 3.8) is 0 Å². The molecule has 0 rings (SSSR count). The second kappa shape index (κ2) is 8.28. The van der Waals surface area contributed by atoms with Gasteiger partial charge in [-0.25, -0.2) is 4.58 Å². The third kappa shape index (κ3) is 10.3. The fourth-order valence-corrected chi connectivity index (χ4v) is 1.25. The second-order valence-corrected chi connectivity index (χ2v) is 4.82. The van der Waals surface area contributed by atoms with Gasteiger partial charge in [0.15, 0.2) is 5.76 Å². The van der Waals surface area contributed by atoms with Gasteiger partial charge in [0.2, 0.25) is 6.21 Å². The average Bonchev–Trinajstić information content (AvgIpc) is 2.21.